The zero-order valence-electron chi connectivity index (χ0n) is 18.9. The van der Waals surface area contributed by atoms with Gasteiger partial charge in [0.25, 0.3) is 0 Å². The van der Waals surface area contributed by atoms with E-state index in [1.165, 1.54) is 88.2 Å². The van der Waals surface area contributed by atoms with Gasteiger partial charge in [-0.3, -0.25) is 0 Å². The predicted octanol–water partition coefficient (Wildman–Crippen LogP) is 8.12. The van der Waals surface area contributed by atoms with Gasteiger partial charge in [0.05, 0.1) is 6.61 Å². The summed E-state index contributed by atoms with van der Waals surface area (Å²) in [4.78, 5) is 0. The molecule has 1 aromatic carbocycles. The molecule has 3 rings (SSSR count). The topological polar surface area (TPSA) is 9.23 Å². The number of aryl methyl sites for hydroxylation is 1. The first-order valence-electron chi connectivity index (χ1n) is 12.5. The van der Waals surface area contributed by atoms with Gasteiger partial charge in [-0.2, -0.15) is 0 Å². The van der Waals surface area contributed by atoms with Crippen molar-refractivity contribution in [1.82, 2.24) is 0 Å². The molecule has 0 unspecified atom stereocenters. The molecule has 1 heteroatoms. The summed E-state index contributed by atoms with van der Waals surface area (Å²) in [7, 11) is 0. The normalized spacial score (nSPS) is 27.6. The van der Waals surface area contributed by atoms with Crippen molar-refractivity contribution >= 4 is 0 Å². The molecule has 0 saturated heterocycles. The summed E-state index contributed by atoms with van der Waals surface area (Å²) >= 11 is 0. The Hall–Kier alpha value is -1.08. The first-order chi connectivity index (χ1) is 14.3. The van der Waals surface area contributed by atoms with Gasteiger partial charge in [0.15, 0.2) is 0 Å². The minimum Gasteiger partial charge on any atom is -0.377 e. The summed E-state index contributed by atoms with van der Waals surface area (Å²) in [6.45, 7) is 7.76. The average Bonchev–Trinajstić information content (AvgIpc) is 2.78. The summed E-state index contributed by atoms with van der Waals surface area (Å²) < 4.78 is 5.64. The minimum absolute atomic E-state index is 0.758. The number of rotatable bonds is 11. The van der Waals surface area contributed by atoms with Crippen molar-refractivity contribution in [2.24, 2.45) is 23.7 Å². The summed E-state index contributed by atoms with van der Waals surface area (Å²) in [6, 6.07) is 9.14. The zero-order valence-corrected chi connectivity index (χ0v) is 18.9. The van der Waals surface area contributed by atoms with Crippen molar-refractivity contribution in [2.75, 3.05) is 6.61 Å². The maximum atomic E-state index is 5.64. The van der Waals surface area contributed by atoms with Crippen molar-refractivity contribution in [3.05, 3.63) is 48.0 Å². The Labute approximate surface area is 180 Å². The molecule has 0 atom stereocenters. The lowest BCUT2D eigenvalue weighted by Gasteiger charge is -2.31. The molecule has 0 aliphatic heterocycles. The molecular weight excluding hydrogens is 352 g/mol. The Kier molecular flexibility index (Phi) is 9.80. The van der Waals surface area contributed by atoms with Gasteiger partial charge in [0, 0.05) is 6.61 Å². The van der Waals surface area contributed by atoms with Crippen LogP contribution in [0.25, 0.3) is 0 Å². The van der Waals surface area contributed by atoms with Gasteiger partial charge in [0.2, 0.25) is 0 Å². The highest BCUT2D eigenvalue weighted by atomic mass is 16.5. The van der Waals surface area contributed by atoms with Crippen molar-refractivity contribution in [3.63, 3.8) is 0 Å². The summed E-state index contributed by atoms with van der Waals surface area (Å²) in [5.41, 5.74) is 2.81. The fraction of sp³-hybridized carbons (Fsp3) is 0.714. The van der Waals surface area contributed by atoms with Gasteiger partial charge in [-0.05, 0) is 79.7 Å². The SMILES string of the molecule is C=CC1CCC(CCC2CCC(CCc3ccc(COCCC)cc3)CC2)CC1. The molecule has 2 fully saturated rings. The van der Waals surface area contributed by atoms with Crippen LogP contribution in [-0.4, -0.2) is 6.61 Å². The summed E-state index contributed by atoms with van der Waals surface area (Å²) in [6.07, 6.45) is 20.5. The first-order valence-corrected chi connectivity index (χ1v) is 12.5. The highest BCUT2D eigenvalue weighted by molar-refractivity contribution is 5.22. The Morgan fingerprint density at radius 3 is 1.86 bits per heavy atom. The van der Waals surface area contributed by atoms with Crippen LogP contribution in [0.1, 0.15) is 95.1 Å². The molecule has 0 spiro atoms. The van der Waals surface area contributed by atoms with Gasteiger partial charge in [-0.1, -0.05) is 75.8 Å². The first kappa shape index (κ1) is 22.6. The van der Waals surface area contributed by atoms with E-state index in [1.807, 2.05) is 0 Å². The van der Waals surface area contributed by atoms with Crippen LogP contribution in [0.2, 0.25) is 0 Å². The summed E-state index contributed by atoms with van der Waals surface area (Å²) in [5, 5.41) is 0. The maximum absolute atomic E-state index is 5.64. The highest BCUT2D eigenvalue weighted by Gasteiger charge is 2.24. The third-order valence-corrected chi connectivity index (χ3v) is 7.66. The van der Waals surface area contributed by atoms with Crippen LogP contribution in [0.3, 0.4) is 0 Å². The number of hydrogen-bond acceptors (Lipinski definition) is 1. The largest absolute Gasteiger partial charge is 0.377 e. The molecule has 0 radical (unpaired) electrons. The van der Waals surface area contributed by atoms with Crippen LogP contribution in [0, 0.1) is 23.7 Å². The fourth-order valence-electron chi connectivity index (χ4n) is 5.50. The molecular formula is C28H44O. The van der Waals surface area contributed by atoms with Crippen LogP contribution in [0.5, 0.6) is 0 Å². The zero-order chi connectivity index (χ0) is 20.3. The van der Waals surface area contributed by atoms with Crippen LogP contribution in [-0.2, 0) is 17.8 Å². The third-order valence-electron chi connectivity index (χ3n) is 7.66. The fourth-order valence-corrected chi connectivity index (χ4v) is 5.50. The molecule has 162 valence electrons. The Bertz CT molecular complexity index is 558. The summed E-state index contributed by atoms with van der Waals surface area (Å²) in [5.74, 6) is 3.80. The Morgan fingerprint density at radius 2 is 1.31 bits per heavy atom. The Balaban J connectivity index is 1.27. The van der Waals surface area contributed by atoms with Gasteiger partial charge in [-0.15, -0.1) is 6.58 Å². The van der Waals surface area contributed by atoms with E-state index in [1.54, 1.807) is 0 Å². The van der Waals surface area contributed by atoms with Crippen molar-refractivity contribution in [1.29, 1.82) is 0 Å². The van der Waals surface area contributed by atoms with Crippen LogP contribution >= 0.6 is 0 Å². The van der Waals surface area contributed by atoms with Crippen molar-refractivity contribution in [3.8, 4) is 0 Å². The minimum atomic E-state index is 0.758. The lowest BCUT2D eigenvalue weighted by Crippen LogP contribution is -2.18. The lowest BCUT2D eigenvalue weighted by atomic mass is 9.75. The van der Waals surface area contributed by atoms with E-state index in [9.17, 15) is 0 Å². The molecule has 29 heavy (non-hydrogen) atoms. The molecule has 1 aromatic rings. The number of benzene rings is 1. The van der Waals surface area contributed by atoms with Crippen molar-refractivity contribution in [2.45, 2.75) is 97.0 Å². The Morgan fingerprint density at radius 1 is 0.793 bits per heavy atom. The molecule has 2 aliphatic rings. The monoisotopic (exact) mass is 396 g/mol. The average molecular weight is 397 g/mol. The number of allylic oxidation sites excluding steroid dienone is 1. The van der Waals surface area contributed by atoms with E-state index < -0.39 is 0 Å². The standard InChI is InChI=1S/C28H44O/c1-3-21-29-22-28-19-17-27(18-20-28)16-15-26-13-11-25(12-14-26)10-9-24-7-5-23(4-2)6-8-24/h4,17-20,23-26H,2-3,5-16,21-22H2,1H3. The molecule has 0 heterocycles. The molecule has 0 aromatic heterocycles. The highest BCUT2D eigenvalue weighted by Crippen LogP contribution is 2.37. The van der Waals surface area contributed by atoms with Crippen molar-refractivity contribution < 1.29 is 4.74 Å². The quantitative estimate of drug-likeness (QED) is 0.271. The second-order valence-corrected chi connectivity index (χ2v) is 9.89. The second kappa shape index (κ2) is 12.6. The van der Waals surface area contributed by atoms with Gasteiger partial charge in [0.1, 0.15) is 0 Å². The van der Waals surface area contributed by atoms with E-state index in [4.69, 9.17) is 4.74 Å². The predicted molar refractivity (Wildman–Crippen MR) is 125 cm³/mol. The van der Waals surface area contributed by atoms with Crippen LogP contribution in [0.4, 0.5) is 0 Å². The molecule has 0 bridgehead atoms. The maximum Gasteiger partial charge on any atom is 0.0716 e. The van der Waals surface area contributed by atoms with E-state index >= 15 is 0 Å². The second-order valence-electron chi connectivity index (χ2n) is 9.89. The van der Waals surface area contributed by atoms with Gasteiger partial charge >= 0.3 is 0 Å². The van der Waals surface area contributed by atoms with Gasteiger partial charge < -0.3 is 4.74 Å². The van der Waals surface area contributed by atoms with E-state index in [2.05, 4.69) is 43.8 Å². The lowest BCUT2D eigenvalue weighted by molar-refractivity contribution is 0.121. The molecule has 0 amide bonds. The smallest absolute Gasteiger partial charge is 0.0716 e. The third kappa shape index (κ3) is 7.93. The number of hydrogen-bond donors (Lipinski definition) is 0. The van der Waals surface area contributed by atoms with Gasteiger partial charge in [-0.25, -0.2) is 0 Å². The van der Waals surface area contributed by atoms with Crippen LogP contribution in [0.15, 0.2) is 36.9 Å². The van der Waals surface area contributed by atoms with E-state index in [-0.39, 0.29) is 0 Å². The van der Waals surface area contributed by atoms with E-state index in [0.717, 1.165) is 43.3 Å². The molecule has 1 nitrogen and oxygen atoms in total. The van der Waals surface area contributed by atoms with E-state index in [0.29, 0.717) is 0 Å². The van der Waals surface area contributed by atoms with Crippen LogP contribution < -0.4 is 0 Å². The molecule has 2 aliphatic carbocycles. The number of ether oxygens (including phenoxy) is 1. The molecule has 2 saturated carbocycles. The molecule has 0 N–H and O–H groups in total.